The fourth-order valence-corrected chi connectivity index (χ4v) is 3.25. The van der Waals surface area contributed by atoms with Gasteiger partial charge in [-0.15, -0.1) is 0 Å². The second kappa shape index (κ2) is 6.75. The number of nitrogens with one attached hydrogen (secondary N) is 1. The molecule has 1 atom stereocenters. The van der Waals surface area contributed by atoms with E-state index in [4.69, 9.17) is 5.11 Å². The Morgan fingerprint density at radius 2 is 2.14 bits per heavy atom. The van der Waals surface area contributed by atoms with Crippen molar-refractivity contribution >= 4 is 5.69 Å². The number of rotatable bonds is 6. The molecule has 21 heavy (non-hydrogen) atoms. The van der Waals surface area contributed by atoms with Crippen LogP contribution >= 0.6 is 0 Å². The maximum absolute atomic E-state index is 14.2. The van der Waals surface area contributed by atoms with Gasteiger partial charge in [0.15, 0.2) is 0 Å². The summed E-state index contributed by atoms with van der Waals surface area (Å²) in [5, 5.41) is 12.6. The second-order valence-electron chi connectivity index (χ2n) is 6.36. The summed E-state index contributed by atoms with van der Waals surface area (Å²) in [6, 6.07) is 5.98. The molecule has 1 saturated heterocycles. The van der Waals surface area contributed by atoms with Gasteiger partial charge in [0.05, 0.1) is 0 Å². The van der Waals surface area contributed by atoms with Crippen molar-refractivity contribution in [3.63, 3.8) is 0 Å². The number of aliphatic hydroxyl groups is 1. The van der Waals surface area contributed by atoms with Crippen LogP contribution in [-0.4, -0.2) is 30.8 Å². The largest absolute Gasteiger partial charge is 0.396 e. The molecule has 1 saturated carbocycles. The molecule has 0 spiro atoms. The molecule has 0 radical (unpaired) electrons. The highest BCUT2D eigenvalue weighted by Crippen LogP contribution is 2.30. The molecule has 2 N–H and O–H groups in total. The average molecular weight is 292 g/mol. The van der Waals surface area contributed by atoms with E-state index >= 15 is 0 Å². The topological polar surface area (TPSA) is 35.5 Å². The molecule has 0 aromatic heterocycles. The normalized spacial score (nSPS) is 22.6. The third-order valence-electron chi connectivity index (χ3n) is 4.64. The average Bonchev–Trinajstić information content (AvgIpc) is 3.31. The van der Waals surface area contributed by atoms with Crippen molar-refractivity contribution < 1.29 is 9.50 Å². The first-order valence-electron chi connectivity index (χ1n) is 8.14. The minimum Gasteiger partial charge on any atom is -0.396 e. The van der Waals surface area contributed by atoms with Gasteiger partial charge in [0.1, 0.15) is 5.82 Å². The lowest BCUT2D eigenvalue weighted by Crippen LogP contribution is -2.37. The van der Waals surface area contributed by atoms with Crippen LogP contribution in [0.5, 0.6) is 0 Å². The Labute approximate surface area is 126 Å². The van der Waals surface area contributed by atoms with Crippen molar-refractivity contribution in [2.45, 2.75) is 44.7 Å². The molecule has 1 aliphatic heterocycles. The van der Waals surface area contributed by atoms with Gasteiger partial charge in [-0.05, 0) is 50.2 Å². The van der Waals surface area contributed by atoms with Crippen molar-refractivity contribution in [1.82, 2.24) is 5.32 Å². The van der Waals surface area contributed by atoms with Gasteiger partial charge in [0.2, 0.25) is 0 Å². The zero-order chi connectivity index (χ0) is 14.7. The minimum atomic E-state index is -0.107. The summed E-state index contributed by atoms with van der Waals surface area (Å²) in [6.07, 6.45) is 5.57. The Hall–Kier alpha value is -1.13. The van der Waals surface area contributed by atoms with Gasteiger partial charge in [-0.1, -0.05) is 6.07 Å². The van der Waals surface area contributed by atoms with Gasteiger partial charge in [-0.2, -0.15) is 0 Å². The number of nitrogens with zero attached hydrogens (tertiary/aromatic N) is 1. The predicted molar refractivity (Wildman–Crippen MR) is 82.9 cm³/mol. The van der Waals surface area contributed by atoms with Gasteiger partial charge >= 0.3 is 0 Å². The lowest BCUT2D eigenvalue weighted by atomic mass is 9.94. The standard InChI is InChI=1S/C17H25FN2O/c18-16-4-1-5-17(15(16)11-19-14-6-7-14)20-9-2-3-13(12-20)8-10-21/h1,4-5,13-14,19,21H,2-3,6-12H2. The smallest absolute Gasteiger partial charge is 0.129 e. The lowest BCUT2D eigenvalue weighted by molar-refractivity contribution is 0.244. The Morgan fingerprint density at radius 1 is 1.29 bits per heavy atom. The van der Waals surface area contributed by atoms with E-state index in [-0.39, 0.29) is 12.4 Å². The molecule has 116 valence electrons. The SMILES string of the molecule is OCCC1CCCN(c2cccc(F)c2CNC2CC2)C1. The van der Waals surface area contributed by atoms with E-state index in [0.717, 1.165) is 37.2 Å². The van der Waals surface area contributed by atoms with E-state index in [1.165, 1.54) is 19.3 Å². The van der Waals surface area contributed by atoms with E-state index < -0.39 is 0 Å². The van der Waals surface area contributed by atoms with Crippen LogP contribution in [0.25, 0.3) is 0 Å². The van der Waals surface area contributed by atoms with Gasteiger partial charge < -0.3 is 15.3 Å². The van der Waals surface area contributed by atoms with E-state index in [1.807, 2.05) is 6.07 Å². The van der Waals surface area contributed by atoms with Crippen LogP contribution in [0.3, 0.4) is 0 Å². The quantitative estimate of drug-likeness (QED) is 0.846. The molecule has 2 aliphatic rings. The molecule has 0 amide bonds. The summed E-state index contributed by atoms with van der Waals surface area (Å²) in [5.41, 5.74) is 1.83. The van der Waals surface area contributed by atoms with E-state index in [2.05, 4.69) is 10.2 Å². The van der Waals surface area contributed by atoms with E-state index in [9.17, 15) is 4.39 Å². The molecule has 4 heteroatoms. The molecule has 1 aromatic carbocycles. The number of halogens is 1. The van der Waals surface area contributed by atoms with Crippen molar-refractivity contribution in [3.8, 4) is 0 Å². The first-order valence-corrected chi connectivity index (χ1v) is 8.14. The molecular weight excluding hydrogens is 267 g/mol. The zero-order valence-electron chi connectivity index (χ0n) is 12.5. The Morgan fingerprint density at radius 3 is 2.90 bits per heavy atom. The highest BCUT2D eigenvalue weighted by molar-refractivity contribution is 5.54. The summed E-state index contributed by atoms with van der Waals surface area (Å²) in [5.74, 6) is 0.418. The maximum atomic E-state index is 14.2. The summed E-state index contributed by atoms with van der Waals surface area (Å²) < 4.78 is 14.2. The molecule has 1 unspecified atom stereocenters. The van der Waals surface area contributed by atoms with Crippen molar-refractivity contribution in [1.29, 1.82) is 0 Å². The number of anilines is 1. The number of hydrogen-bond acceptors (Lipinski definition) is 3. The van der Waals surface area contributed by atoms with Crippen molar-refractivity contribution in [3.05, 3.63) is 29.6 Å². The van der Waals surface area contributed by atoms with E-state index in [1.54, 1.807) is 12.1 Å². The molecular formula is C17H25FN2O. The van der Waals surface area contributed by atoms with E-state index in [0.29, 0.717) is 18.5 Å². The van der Waals surface area contributed by atoms with Crippen LogP contribution in [0.1, 0.15) is 37.7 Å². The number of hydrogen-bond donors (Lipinski definition) is 2. The van der Waals surface area contributed by atoms with Crippen LogP contribution in [0, 0.1) is 11.7 Å². The molecule has 1 aromatic rings. The van der Waals surface area contributed by atoms with Crippen LogP contribution in [0.2, 0.25) is 0 Å². The fraction of sp³-hybridized carbons (Fsp3) is 0.647. The first kappa shape index (κ1) is 14.8. The third kappa shape index (κ3) is 3.74. The minimum absolute atomic E-state index is 0.107. The van der Waals surface area contributed by atoms with Crippen molar-refractivity contribution in [2.24, 2.45) is 5.92 Å². The number of benzene rings is 1. The highest BCUT2D eigenvalue weighted by Gasteiger charge is 2.24. The summed E-state index contributed by atoms with van der Waals surface area (Å²) >= 11 is 0. The Kier molecular flexibility index (Phi) is 4.76. The van der Waals surface area contributed by atoms with Gasteiger partial charge in [-0.3, -0.25) is 0 Å². The van der Waals surface area contributed by atoms with Crippen LogP contribution in [-0.2, 0) is 6.54 Å². The van der Waals surface area contributed by atoms with Gasteiger partial charge in [-0.25, -0.2) is 4.39 Å². The second-order valence-corrected chi connectivity index (χ2v) is 6.36. The molecule has 1 heterocycles. The highest BCUT2D eigenvalue weighted by atomic mass is 19.1. The maximum Gasteiger partial charge on any atom is 0.129 e. The molecule has 3 nitrogen and oxygen atoms in total. The Bertz CT molecular complexity index is 474. The Balaban J connectivity index is 1.74. The fourth-order valence-electron chi connectivity index (χ4n) is 3.25. The van der Waals surface area contributed by atoms with Crippen molar-refractivity contribution in [2.75, 3.05) is 24.6 Å². The first-order chi connectivity index (χ1) is 10.3. The summed E-state index contributed by atoms with van der Waals surface area (Å²) in [7, 11) is 0. The number of aliphatic hydroxyl groups excluding tert-OH is 1. The van der Waals surface area contributed by atoms with Crippen LogP contribution in [0.4, 0.5) is 10.1 Å². The molecule has 0 bridgehead atoms. The lowest BCUT2D eigenvalue weighted by Gasteiger charge is -2.35. The zero-order valence-corrected chi connectivity index (χ0v) is 12.5. The third-order valence-corrected chi connectivity index (χ3v) is 4.64. The molecule has 2 fully saturated rings. The van der Waals surface area contributed by atoms with Crippen LogP contribution in [0.15, 0.2) is 18.2 Å². The van der Waals surface area contributed by atoms with Gasteiger partial charge in [0, 0.05) is 43.5 Å². The summed E-state index contributed by atoms with van der Waals surface area (Å²) in [6.45, 7) is 2.79. The van der Waals surface area contributed by atoms with Crippen LogP contribution < -0.4 is 10.2 Å². The molecule has 3 rings (SSSR count). The monoisotopic (exact) mass is 292 g/mol. The predicted octanol–water partition coefficient (Wildman–Crippen LogP) is 2.68. The summed E-state index contributed by atoms with van der Waals surface area (Å²) in [4.78, 5) is 2.30. The number of piperidine rings is 1. The molecule has 1 aliphatic carbocycles. The van der Waals surface area contributed by atoms with Gasteiger partial charge in [0.25, 0.3) is 0 Å².